The van der Waals surface area contributed by atoms with Crippen LogP contribution in [0, 0.1) is 5.92 Å². The van der Waals surface area contributed by atoms with Crippen molar-refractivity contribution in [3.8, 4) is 0 Å². The molecular weight excluding hydrogens is 194 g/mol. The van der Waals surface area contributed by atoms with Crippen LogP contribution >= 0.6 is 0 Å². The summed E-state index contributed by atoms with van der Waals surface area (Å²) in [7, 11) is 0. The van der Waals surface area contributed by atoms with Gasteiger partial charge >= 0.3 is 0 Å². The first-order chi connectivity index (χ1) is 7.85. The molecule has 0 unspecified atom stereocenters. The molecule has 1 N–H and O–H groups in total. The van der Waals surface area contributed by atoms with Crippen molar-refractivity contribution >= 4 is 5.69 Å². The molecule has 1 aliphatic heterocycles. The fourth-order valence-electron chi connectivity index (χ4n) is 2.64. The lowest BCUT2D eigenvalue weighted by Gasteiger charge is -2.23. The van der Waals surface area contributed by atoms with E-state index in [1.807, 2.05) is 0 Å². The summed E-state index contributed by atoms with van der Waals surface area (Å²) < 4.78 is 0. The van der Waals surface area contributed by atoms with E-state index in [9.17, 15) is 0 Å². The van der Waals surface area contributed by atoms with Crippen LogP contribution in [0.3, 0.4) is 0 Å². The fraction of sp³-hybridized carbons (Fsp3) is 0.600. The minimum absolute atomic E-state index is 0.843. The van der Waals surface area contributed by atoms with Crippen LogP contribution in [0.2, 0.25) is 0 Å². The van der Waals surface area contributed by atoms with Gasteiger partial charge in [-0.05, 0) is 36.3 Å². The van der Waals surface area contributed by atoms with E-state index >= 15 is 0 Å². The summed E-state index contributed by atoms with van der Waals surface area (Å²) in [5.74, 6) is 0.843. The van der Waals surface area contributed by atoms with Gasteiger partial charge in [0.25, 0.3) is 0 Å². The normalized spacial score (nSPS) is 14.7. The molecule has 0 atom stereocenters. The molecule has 1 heteroatoms. The van der Waals surface area contributed by atoms with E-state index in [2.05, 4.69) is 37.4 Å². The van der Waals surface area contributed by atoms with Crippen LogP contribution in [0.5, 0.6) is 0 Å². The first kappa shape index (κ1) is 11.5. The summed E-state index contributed by atoms with van der Waals surface area (Å²) >= 11 is 0. The van der Waals surface area contributed by atoms with Gasteiger partial charge in [0, 0.05) is 12.2 Å². The SMILES string of the molecule is CCC(CC)Cc1cccc2c1NCCC2. The number of rotatable bonds is 4. The zero-order chi connectivity index (χ0) is 11.4. The molecule has 1 heterocycles. The zero-order valence-electron chi connectivity index (χ0n) is 10.6. The van der Waals surface area contributed by atoms with Gasteiger partial charge in [0.1, 0.15) is 0 Å². The lowest BCUT2D eigenvalue weighted by Crippen LogP contribution is -2.15. The van der Waals surface area contributed by atoms with Gasteiger partial charge in [0.05, 0.1) is 0 Å². The van der Waals surface area contributed by atoms with Crippen molar-refractivity contribution in [2.75, 3.05) is 11.9 Å². The molecule has 2 rings (SSSR count). The summed E-state index contributed by atoms with van der Waals surface area (Å²) in [6.07, 6.45) is 6.35. The quantitative estimate of drug-likeness (QED) is 0.803. The van der Waals surface area contributed by atoms with Crippen LogP contribution in [-0.4, -0.2) is 6.54 Å². The number of nitrogens with one attached hydrogen (secondary N) is 1. The summed E-state index contributed by atoms with van der Waals surface area (Å²) in [5.41, 5.74) is 4.50. The Morgan fingerprint density at radius 2 is 2.06 bits per heavy atom. The van der Waals surface area contributed by atoms with Crippen molar-refractivity contribution in [3.05, 3.63) is 29.3 Å². The molecule has 0 radical (unpaired) electrons. The highest BCUT2D eigenvalue weighted by molar-refractivity contribution is 5.59. The average Bonchev–Trinajstić information content (AvgIpc) is 2.36. The lowest BCUT2D eigenvalue weighted by atomic mass is 9.90. The fourth-order valence-corrected chi connectivity index (χ4v) is 2.64. The van der Waals surface area contributed by atoms with Crippen molar-refractivity contribution in [3.63, 3.8) is 0 Å². The highest BCUT2D eigenvalue weighted by Crippen LogP contribution is 2.29. The average molecular weight is 217 g/mol. The Balaban J connectivity index is 2.20. The van der Waals surface area contributed by atoms with Gasteiger partial charge in [0.2, 0.25) is 0 Å². The third-order valence-electron chi connectivity index (χ3n) is 3.83. The third kappa shape index (κ3) is 2.40. The summed E-state index contributed by atoms with van der Waals surface area (Å²) in [4.78, 5) is 0. The largest absolute Gasteiger partial charge is 0.385 e. The summed E-state index contributed by atoms with van der Waals surface area (Å²) in [6, 6.07) is 6.80. The predicted molar refractivity (Wildman–Crippen MR) is 71.0 cm³/mol. The van der Waals surface area contributed by atoms with E-state index in [4.69, 9.17) is 0 Å². The van der Waals surface area contributed by atoms with Crippen molar-refractivity contribution in [1.82, 2.24) is 0 Å². The Kier molecular flexibility index (Phi) is 3.87. The Morgan fingerprint density at radius 3 is 2.81 bits per heavy atom. The number of hydrogen-bond donors (Lipinski definition) is 1. The van der Waals surface area contributed by atoms with Crippen molar-refractivity contribution in [1.29, 1.82) is 0 Å². The van der Waals surface area contributed by atoms with Crippen molar-refractivity contribution < 1.29 is 0 Å². The van der Waals surface area contributed by atoms with Crippen LogP contribution in [-0.2, 0) is 12.8 Å². The Hall–Kier alpha value is -0.980. The maximum atomic E-state index is 3.58. The van der Waals surface area contributed by atoms with Gasteiger partial charge in [-0.3, -0.25) is 0 Å². The van der Waals surface area contributed by atoms with E-state index in [-0.39, 0.29) is 0 Å². The van der Waals surface area contributed by atoms with Crippen LogP contribution < -0.4 is 5.32 Å². The second kappa shape index (κ2) is 5.38. The van der Waals surface area contributed by atoms with Gasteiger partial charge in [-0.15, -0.1) is 0 Å². The number of hydrogen-bond acceptors (Lipinski definition) is 1. The summed E-state index contributed by atoms with van der Waals surface area (Å²) in [6.45, 7) is 5.75. The summed E-state index contributed by atoms with van der Waals surface area (Å²) in [5, 5.41) is 3.58. The minimum atomic E-state index is 0.843. The number of fused-ring (bicyclic) bond motifs is 1. The van der Waals surface area contributed by atoms with Gasteiger partial charge in [-0.25, -0.2) is 0 Å². The molecule has 1 aromatic carbocycles. The van der Waals surface area contributed by atoms with E-state index in [1.54, 1.807) is 0 Å². The molecule has 0 bridgehead atoms. The first-order valence-corrected chi connectivity index (χ1v) is 6.69. The molecule has 0 saturated carbocycles. The van der Waals surface area contributed by atoms with Gasteiger partial charge in [-0.1, -0.05) is 44.9 Å². The highest BCUT2D eigenvalue weighted by atomic mass is 14.9. The Bertz CT molecular complexity index is 339. The Labute approximate surface area is 99.3 Å². The lowest BCUT2D eigenvalue weighted by molar-refractivity contribution is 0.490. The number of aryl methyl sites for hydroxylation is 1. The smallest absolute Gasteiger partial charge is 0.0405 e. The molecule has 1 aromatic rings. The van der Waals surface area contributed by atoms with Gasteiger partial charge in [0.15, 0.2) is 0 Å². The molecule has 1 nitrogen and oxygen atoms in total. The first-order valence-electron chi connectivity index (χ1n) is 6.69. The topological polar surface area (TPSA) is 12.0 Å². The second-order valence-electron chi connectivity index (χ2n) is 4.87. The van der Waals surface area contributed by atoms with E-state index < -0.39 is 0 Å². The molecule has 0 aromatic heterocycles. The van der Waals surface area contributed by atoms with Crippen LogP contribution in [0.4, 0.5) is 5.69 Å². The van der Waals surface area contributed by atoms with Crippen LogP contribution in [0.15, 0.2) is 18.2 Å². The molecular formula is C15H23N. The molecule has 0 saturated heterocycles. The maximum Gasteiger partial charge on any atom is 0.0405 e. The second-order valence-corrected chi connectivity index (χ2v) is 4.87. The third-order valence-corrected chi connectivity index (χ3v) is 3.83. The van der Waals surface area contributed by atoms with Crippen molar-refractivity contribution in [2.24, 2.45) is 5.92 Å². The number of para-hydroxylation sites is 1. The number of benzene rings is 1. The van der Waals surface area contributed by atoms with E-state index in [0.717, 1.165) is 12.5 Å². The predicted octanol–water partition coefficient (Wildman–Crippen LogP) is 4.02. The molecule has 0 amide bonds. The highest BCUT2D eigenvalue weighted by Gasteiger charge is 2.14. The molecule has 88 valence electrons. The molecule has 0 fully saturated rings. The molecule has 0 aliphatic carbocycles. The molecule has 16 heavy (non-hydrogen) atoms. The van der Waals surface area contributed by atoms with Crippen molar-refractivity contribution in [2.45, 2.75) is 46.0 Å². The van der Waals surface area contributed by atoms with Gasteiger partial charge in [-0.2, -0.15) is 0 Å². The van der Waals surface area contributed by atoms with Crippen LogP contribution in [0.25, 0.3) is 0 Å². The van der Waals surface area contributed by atoms with Gasteiger partial charge < -0.3 is 5.32 Å². The van der Waals surface area contributed by atoms with E-state index in [1.165, 1.54) is 48.9 Å². The van der Waals surface area contributed by atoms with Crippen LogP contribution in [0.1, 0.15) is 44.2 Å². The Morgan fingerprint density at radius 1 is 1.25 bits per heavy atom. The zero-order valence-corrected chi connectivity index (χ0v) is 10.6. The standard InChI is InChI=1S/C15H23N/c1-3-12(4-2)11-14-8-5-7-13-9-6-10-16-15(13)14/h5,7-8,12,16H,3-4,6,9-11H2,1-2H3. The molecule has 1 aliphatic rings. The molecule has 0 spiro atoms. The van der Waals surface area contributed by atoms with E-state index in [0.29, 0.717) is 0 Å². The maximum absolute atomic E-state index is 3.58. The monoisotopic (exact) mass is 217 g/mol. The number of anilines is 1. The minimum Gasteiger partial charge on any atom is -0.385 e.